The Morgan fingerprint density at radius 2 is 1.81 bits per heavy atom. The summed E-state index contributed by atoms with van der Waals surface area (Å²) < 4.78 is 0. The monoisotopic (exact) mass is 373 g/mol. The normalized spacial score (nSPS) is 10.5. The smallest absolute Gasteiger partial charge is 0.272 e. The molecule has 0 aliphatic heterocycles. The maximum atomic E-state index is 12.7. The Bertz CT molecular complexity index is 786. The summed E-state index contributed by atoms with van der Waals surface area (Å²) in [7, 11) is 0. The lowest BCUT2D eigenvalue weighted by molar-refractivity contribution is 0.0749. The Hall–Kier alpha value is -2.40. The van der Waals surface area contributed by atoms with Crippen LogP contribution in [0.1, 0.15) is 53.1 Å². The molecule has 0 atom stereocenters. The molecule has 2 aromatic rings. The number of carbonyl (C=O) groups excluding carboxylic acids is 2. The molecule has 0 fully saturated rings. The Morgan fingerprint density at radius 3 is 2.42 bits per heavy atom. The summed E-state index contributed by atoms with van der Waals surface area (Å²) in [6, 6.07) is 8.40. The third kappa shape index (κ3) is 5.05. The van der Waals surface area contributed by atoms with Gasteiger partial charge in [0.1, 0.15) is 5.69 Å². The summed E-state index contributed by atoms with van der Waals surface area (Å²) in [6.45, 7) is 7.28. The molecule has 0 saturated carbocycles. The maximum Gasteiger partial charge on any atom is 0.272 e. The van der Waals surface area contributed by atoms with E-state index in [0.29, 0.717) is 29.4 Å². The quantitative estimate of drug-likeness (QED) is 0.773. The summed E-state index contributed by atoms with van der Waals surface area (Å²) in [5, 5.41) is 3.46. The van der Waals surface area contributed by atoms with Crippen LogP contribution in [-0.4, -0.2) is 34.8 Å². The largest absolute Gasteiger partial charge is 0.337 e. The van der Waals surface area contributed by atoms with Crippen molar-refractivity contribution in [2.45, 2.75) is 33.6 Å². The molecule has 2 amide bonds. The van der Waals surface area contributed by atoms with Gasteiger partial charge in [0, 0.05) is 35.6 Å². The minimum atomic E-state index is -0.288. The van der Waals surface area contributed by atoms with Crippen LogP contribution in [0, 0.1) is 6.92 Å². The Balaban J connectivity index is 2.19. The molecule has 0 aliphatic carbocycles. The number of nitrogens with zero attached hydrogens (tertiary/aromatic N) is 2. The van der Waals surface area contributed by atoms with Gasteiger partial charge in [-0.15, -0.1) is 0 Å². The van der Waals surface area contributed by atoms with Crippen LogP contribution in [0.2, 0.25) is 5.02 Å². The molecule has 0 saturated heterocycles. The predicted octanol–water partition coefficient (Wildman–Crippen LogP) is 4.56. The highest BCUT2D eigenvalue weighted by molar-refractivity contribution is 6.30. The lowest BCUT2D eigenvalue weighted by Crippen LogP contribution is -2.33. The van der Waals surface area contributed by atoms with Crippen molar-refractivity contribution >= 4 is 29.1 Å². The number of amides is 2. The van der Waals surface area contributed by atoms with Crippen molar-refractivity contribution in [1.29, 1.82) is 0 Å². The number of carbonyl (C=O) groups is 2. The van der Waals surface area contributed by atoms with E-state index in [2.05, 4.69) is 10.3 Å². The topological polar surface area (TPSA) is 62.3 Å². The highest BCUT2D eigenvalue weighted by Crippen LogP contribution is 2.20. The predicted molar refractivity (Wildman–Crippen MR) is 105 cm³/mol. The number of aryl methyl sites for hydroxylation is 1. The number of nitrogens with one attached hydrogen (secondary N) is 1. The average molecular weight is 374 g/mol. The first-order chi connectivity index (χ1) is 12.5. The second-order valence-electron chi connectivity index (χ2n) is 6.14. The molecule has 5 nitrogen and oxygen atoms in total. The van der Waals surface area contributed by atoms with Gasteiger partial charge in [-0.25, -0.2) is 0 Å². The molecule has 1 N–H and O–H groups in total. The number of aromatic nitrogens is 1. The molecule has 0 aliphatic rings. The van der Waals surface area contributed by atoms with E-state index in [9.17, 15) is 9.59 Å². The van der Waals surface area contributed by atoms with Gasteiger partial charge >= 0.3 is 0 Å². The van der Waals surface area contributed by atoms with Crippen LogP contribution >= 0.6 is 11.6 Å². The minimum Gasteiger partial charge on any atom is -0.337 e. The number of benzene rings is 1. The van der Waals surface area contributed by atoms with Gasteiger partial charge in [0.25, 0.3) is 11.8 Å². The van der Waals surface area contributed by atoms with Gasteiger partial charge in [-0.1, -0.05) is 25.4 Å². The van der Waals surface area contributed by atoms with Crippen molar-refractivity contribution in [3.8, 4) is 0 Å². The number of rotatable bonds is 7. The van der Waals surface area contributed by atoms with Crippen LogP contribution in [-0.2, 0) is 0 Å². The van der Waals surface area contributed by atoms with Crippen molar-refractivity contribution in [3.63, 3.8) is 0 Å². The number of hydrogen-bond acceptors (Lipinski definition) is 3. The van der Waals surface area contributed by atoms with Crippen molar-refractivity contribution in [2.24, 2.45) is 0 Å². The second-order valence-corrected chi connectivity index (χ2v) is 6.57. The molecule has 0 radical (unpaired) electrons. The van der Waals surface area contributed by atoms with Gasteiger partial charge in [0.15, 0.2) is 0 Å². The standard InChI is InChI=1S/C20H24ClN3O2/c1-4-10-24(11-5-2)20(26)18-13-15(8-9-22-18)19(25)23-17-7-6-16(21)12-14(17)3/h6-9,12-13H,4-5,10-11H2,1-3H3,(H,23,25). The minimum absolute atomic E-state index is 0.147. The van der Waals surface area contributed by atoms with E-state index in [4.69, 9.17) is 11.6 Å². The highest BCUT2D eigenvalue weighted by Gasteiger charge is 2.17. The van der Waals surface area contributed by atoms with Gasteiger partial charge in [-0.2, -0.15) is 0 Å². The molecule has 26 heavy (non-hydrogen) atoms. The summed E-state index contributed by atoms with van der Waals surface area (Å²) in [6.07, 6.45) is 3.25. The second kappa shape index (κ2) is 9.34. The van der Waals surface area contributed by atoms with Gasteiger partial charge in [0.05, 0.1) is 0 Å². The first-order valence-corrected chi connectivity index (χ1v) is 9.16. The third-order valence-electron chi connectivity index (χ3n) is 3.95. The number of pyridine rings is 1. The fourth-order valence-corrected chi connectivity index (χ4v) is 2.89. The third-order valence-corrected chi connectivity index (χ3v) is 4.19. The van der Waals surface area contributed by atoms with E-state index in [1.54, 1.807) is 35.2 Å². The average Bonchev–Trinajstić information content (AvgIpc) is 2.63. The fraction of sp³-hybridized carbons (Fsp3) is 0.350. The van der Waals surface area contributed by atoms with Crippen molar-refractivity contribution in [3.05, 3.63) is 58.4 Å². The van der Waals surface area contributed by atoms with Gasteiger partial charge in [-0.05, 0) is 55.7 Å². The van der Waals surface area contributed by atoms with E-state index in [0.717, 1.165) is 18.4 Å². The molecule has 6 heteroatoms. The van der Waals surface area contributed by atoms with Gasteiger partial charge < -0.3 is 10.2 Å². The van der Waals surface area contributed by atoms with Crippen molar-refractivity contribution in [2.75, 3.05) is 18.4 Å². The molecule has 0 bridgehead atoms. The van der Waals surface area contributed by atoms with Crippen LogP contribution in [0.25, 0.3) is 0 Å². The molecule has 1 heterocycles. The van der Waals surface area contributed by atoms with E-state index >= 15 is 0 Å². The molecular formula is C20H24ClN3O2. The molecule has 0 unspecified atom stereocenters. The van der Waals surface area contributed by atoms with E-state index in [1.807, 2.05) is 20.8 Å². The van der Waals surface area contributed by atoms with Crippen LogP contribution in [0.4, 0.5) is 5.69 Å². The van der Waals surface area contributed by atoms with Crippen LogP contribution in [0.15, 0.2) is 36.5 Å². The fourth-order valence-electron chi connectivity index (χ4n) is 2.67. The lowest BCUT2D eigenvalue weighted by Gasteiger charge is -2.21. The molecule has 2 rings (SSSR count). The van der Waals surface area contributed by atoms with E-state index < -0.39 is 0 Å². The number of anilines is 1. The summed E-state index contributed by atoms with van der Waals surface area (Å²) >= 11 is 5.94. The van der Waals surface area contributed by atoms with E-state index in [-0.39, 0.29) is 17.5 Å². The van der Waals surface area contributed by atoms with E-state index in [1.165, 1.54) is 6.20 Å². The maximum absolute atomic E-state index is 12.7. The van der Waals surface area contributed by atoms with Gasteiger partial charge in [-0.3, -0.25) is 14.6 Å². The highest BCUT2D eigenvalue weighted by atomic mass is 35.5. The Kier molecular flexibility index (Phi) is 7.16. The van der Waals surface area contributed by atoms with Crippen molar-refractivity contribution < 1.29 is 9.59 Å². The lowest BCUT2D eigenvalue weighted by atomic mass is 10.1. The Morgan fingerprint density at radius 1 is 1.12 bits per heavy atom. The number of halogens is 1. The molecule has 0 spiro atoms. The summed E-state index contributed by atoms with van der Waals surface area (Å²) in [5.41, 5.74) is 2.23. The zero-order valence-electron chi connectivity index (χ0n) is 15.4. The zero-order valence-corrected chi connectivity index (χ0v) is 16.1. The van der Waals surface area contributed by atoms with Crippen LogP contribution < -0.4 is 5.32 Å². The molecular weight excluding hydrogens is 350 g/mol. The van der Waals surface area contributed by atoms with Gasteiger partial charge in [0.2, 0.25) is 0 Å². The van der Waals surface area contributed by atoms with Crippen molar-refractivity contribution in [1.82, 2.24) is 9.88 Å². The first kappa shape index (κ1) is 19.9. The van der Waals surface area contributed by atoms with Crippen LogP contribution in [0.5, 0.6) is 0 Å². The first-order valence-electron chi connectivity index (χ1n) is 8.79. The summed E-state index contributed by atoms with van der Waals surface area (Å²) in [5.74, 6) is -0.435. The molecule has 1 aromatic heterocycles. The summed E-state index contributed by atoms with van der Waals surface area (Å²) in [4.78, 5) is 31.1. The molecule has 1 aromatic carbocycles. The van der Waals surface area contributed by atoms with Crippen LogP contribution in [0.3, 0.4) is 0 Å². The SMILES string of the molecule is CCCN(CCC)C(=O)c1cc(C(=O)Nc2ccc(Cl)cc2C)ccn1. The Labute approximate surface area is 159 Å². The molecule has 138 valence electrons. The number of hydrogen-bond donors (Lipinski definition) is 1. The zero-order chi connectivity index (χ0) is 19.1.